The topological polar surface area (TPSA) is 54.5 Å². The van der Waals surface area contributed by atoms with Gasteiger partial charge in [-0.3, -0.25) is 4.79 Å². The van der Waals surface area contributed by atoms with Crippen molar-refractivity contribution in [3.63, 3.8) is 0 Å². The molecule has 4 rings (SSSR count). The number of fused-ring (bicyclic) bond motifs is 1. The van der Waals surface area contributed by atoms with Crippen LogP contribution >= 0.6 is 0 Å². The van der Waals surface area contributed by atoms with E-state index in [9.17, 15) is 4.79 Å². The van der Waals surface area contributed by atoms with Gasteiger partial charge in [-0.2, -0.15) is 0 Å². The molecular weight excluding hydrogens is 350 g/mol. The summed E-state index contributed by atoms with van der Waals surface area (Å²) in [4.78, 5) is 20.0. The third-order valence-electron chi connectivity index (χ3n) is 5.87. The van der Waals surface area contributed by atoms with Gasteiger partial charge in [0.05, 0.1) is 17.2 Å². The third-order valence-corrected chi connectivity index (χ3v) is 5.87. The summed E-state index contributed by atoms with van der Waals surface area (Å²) in [6.07, 6.45) is 9.89. The summed E-state index contributed by atoms with van der Waals surface area (Å²) in [5, 5.41) is 4.09. The number of pyridine rings is 1. The minimum atomic E-state index is -0.0298. The summed E-state index contributed by atoms with van der Waals surface area (Å²) in [7, 11) is 0. The first-order valence-electron chi connectivity index (χ1n) is 10.9. The van der Waals surface area contributed by atoms with Crippen LogP contribution in [0.2, 0.25) is 0 Å². The first-order chi connectivity index (χ1) is 13.8. The molecule has 1 aliphatic carbocycles. The van der Waals surface area contributed by atoms with Crippen LogP contribution in [0.5, 0.6) is 0 Å². The SMILES string of the molecule is O=C(NCCCOC1CCCCC1)c1cc2ccccc2nc1N1CCCC1. The summed E-state index contributed by atoms with van der Waals surface area (Å²) in [5.41, 5.74) is 1.63. The number of carbonyl (C=O) groups excluding carboxylic acids is 1. The van der Waals surface area contributed by atoms with Gasteiger partial charge in [0.15, 0.2) is 0 Å². The molecule has 2 heterocycles. The highest BCUT2D eigenvalue weighted by atomic mass is 16.5. The Labute approximate surface area is 167 Å². The molecule has 5 nitrogen and oxygen atoms in total. The number of carbonyl (C=O) groups is 1. The Balaban J connectivity index is 1.37. The van der Waals surface area contributed by atoms with Crippen molar-refractivity contribution in [3.8, 4) is 0 Å². The number of para-hydroxylation sites is 1. The maximum atomic E-state index is 12.9. The molecule has 1 aliphatic heterocycles. The van der Waals surface area contributed by atoms with Crippen molar-refractivity contribution in [1.82, 2.24) is 10.3 Å². The lowest BCUT2D eigenvalue weighted by Crippen LogP contribution is -2.29. The van der Waals surface area contributed by atoms with Crippen LogP contribution in [0.15, 0.2) is 30.3 Å². The Morgan fingerprint density at radius 3 is 2.71 bits per heavy atom. The van der Waals surface area contributed by atoms with Crippen molar-refractivity contribution >= 4 is 22.6 Å². The van der Waals surface area contributed by atoms with E-state index < -0.39 is 0 Å². The maximum absolute atomic E-state index is 12.9. The molecule has 2 aliphatic rings. The van der Waals surface area contributed by atoms with E-state index in [1.165, 1.54) is 32.1 Å². The standard InChI is InChI=1S/C23H31N3O2/c27-23(24-13-8-16-28-19-10-2-1-3-11-19)20-17-18-9-4-5-12-21(18)25-22(20)26-14-6-7-15-26/h4-5,9,12,17,19H,1-3,6-8,10-11,13-16H2,(H,24,27). The number of nitrogens with zero attached hydrogens (tertiary/aromatic N) is 2. The first kappa shape index (κ1) is 19.2. The van der Waals surface area contributed by atoms with Crippen LogP contribution in [0.1, 0.15) is 61.7 Å². The number of rotatable bonds is 7. The minimum Gasteiger partial charge on any atom is -0.378 e. The van der Waals surface area contributed by atoms with Gasteiger partial charge in [-0.1, -0.05) is 37.5 Å². The highest BCUT2D eigenvalue weighted by molar-refractivity contribution is 6.02. The molecule has 5 heteroatoms. The second kappa shape index (κ2) is 9.37. The van der Waals surface area contributed by atoms with Gasteiger partial charge in [-0.15, -0.1) is 0 Å². The normalized spacial score (nSPS) is 17.9. The fraction of sp³-hybridized carbons (Fsp3) is 0.565. The largest absolute Gasteiger partial charge is 0.378 e. The average Bonchev–Trinajstić information content (AvgIpc) is 3.28. The van der Waals surface area contributed by atoms with Crippen molar-refractivity contribution in [2.45, 2.75) is 57.5 Å². The molecule has 1 saturated heterocycles. The summed E-state index contributed by atoms with van der Waals surface area (Å²) >= 11 is 0. The smallest absolute Gasteiger partial charge is 0.255 e. The second-order valence-electron chi connectivity index (χ2n) is 7.99. The zero-order chi connectivity index (χ0) is 19.2. The summed E-state index contributed by atoms with van der Waals surface area (Å²) in [6, 6.07) is 10.0. The Kier molecular flexibility index (Phi) is 6.42. The van der Waals surface area contributed by atoms with Crippen molar-refractivity contribution in [2.24, 2.45) is 0 Å². The number of hydrogen-bond acceptors (Lipinski definition) is 4. The molecule has 0 bridgehead atoms. The first-order valence-corrected chi connectivity index (χ1v) is 10.9. The van der Waals surface area contributed by atoms with E-state index in [4.69, 9.17) is 9.72 Å². The average molecular weight is 382 g/mol. The predicted octanol–water partition coefficient (Wildman–Crippen LogP) is 4.30. The van der Waals surface area contributed by atoms with Crippen molar-refractivity contribution in [1.29, 1.82) is 0 Å². The van der Waals surface area contributed by atoms with Crippen LogP contribution in [0, 0.1) is 0 Å². The van der Waals surface area contributed by atoms with Crippen LogP contribution < -0.4 is 10.2 Å². The number of ether oxygens (including phenoxy) is 1. The zero-order valence-corrected chi connectivity index (χ0v) is 16.7. The highest BCUT2D eigenvalue weighted by Gasteiger charge is 2.22. The monoisotopic (exact) mass is 381 g/mol. The predicted molar refractivity (Wildman–Crippen MR) is 113 cm³/mol. The zero-order valence-electron chi connectivity index (χ0n) is 16.7. The molecule has 1 aromatic carbocycles. The molecule has 0 atom stereocenters. The minimum absolute atomic E-state index is 0.0298. The molecule has 2 aromatic rings. The molecule has 1 N–H and O–H groups in total. The van der Waals surface area contributed by atoms with E-state index in [0.717, 1.165) is 55.7 Å². The van der Waals surface area contributed by atoms with Crippen LogP contribution in [0.25, 0.3) is 10.9 Å². The highest BCUT2D eigenvalue weighted by Crippen LogP contribution is 2.26. The molecule has 150 valence electrons. The summed E-state index contributed by atoms with van der Waals surface area (Å²) in [6.45, 7) is 3.30. The van der Waals surface area contributed by atoms with Crippen molar-refractivity contribution < 1.29 is 9.53 Å². The van der Waals surface area contributed by atoms with E-state index >= 15 is 0 Å². The van der Waals surface area contributed by atoms with Crippen LogP contribution in [-0.2, 0) is 4.74 Å². The lowest BCUT2D eigenvalue weighted by atomic mass is 9.98. The van der Waals surface area contributed by atoms with Crippen molar-refractivity contribution in [2.75, 3.05) is 31.1 Å². The van der Waals surface area contributed by atoms with E-state index in [2.05, 4.69) is 10.2 Å². The van der Waals surface area contributed by atoms with E-state index in [0.29, 0.717) is 18.2 Å². The van der Waals surface area contributed by atoms with Gasteiger partial charge in [0.25, 0.3) is 5.91 Å². The Morgan fingerprint density at radius 1 is 1.11 bits per heavy atom. The molecule has 1 saturated carbocycles. The van der Waals surface area contributed by atoms with Gasteiger partial charge >= 0.3 is 0 Å². The van der Waals surface area contributed by atoms with Crippen LogP contribution in [-0.4, -0.2) is 43.2 Å². The number of aromatic nitrogens is 1. The number of benzene rings is 1. The van der Waals surface area contributed by atoms with Gasteiger partial charge in [0.2, 0.25) is 0 Å². The van der Waals surface area contributed by atoms with Gasteiger partial charge < -0.3 is 15.0 Å². The van der Waals surface area contributed by atoms with Crippen LogP contribution in [0.3, 0.4) is 0 Å². The quantitative estimate of drug-likeness (QED) is 0.727. The lowest BCUT2D eigenvalue weighted by molar-refractivity contribution is 0.0273. The Bertz CT molecular complexity index is 796. The molecule has 0 spiro atoms. The van der Waals surface area contributed by atoms with E-state index in [1.807, 2.05) is 30.3 Å². The lowest BCUT2D eigenvalue weighted by Gasteiger charge is -2.22. The van der Waals surface area contributed by atoms with Crippen LogP contribution in [0.4, 0.5) is 5.82 Å². The number of hydrogen-bond donors (Lipinski definition) is 1. The molecule has 2 fully saturated rings. The van der Waals surface area contributed by atoms with E-state index in [-0.39, 0.29) is 5.91 Å². The molecule has 0 radical (unpaired) electrons. The van der Waals surface area contributed by atoms with Crippen molar-refractivity contribution in [3.05, 3.63) is 35.9 Å². The molecule has 28 heavy (non-hydrogen) atoms. The van der Waals surface area contributed by atoms with Gasteiger partial charge in [-0.05, 0) is 44.2 Å². The molecule has 1 aromatic heterocycles. The van der Waals surface area contributed by atoms with Gasteiger partial charge in [-0.25, -0.2) is 4.98 Å². The van der Waals surface area contributed by atoms with Gasteiger partial charge in [0, 0.05) is 31.6 Å². The fourth-order valence-electron chi connectivity index (χ4n) is 4.29. The maximum Gasteiger partial charge on any atom is 0.255 e. The third kappa shape index (κ3) is 4.64. The van der Waals surface area contributed by atoms with Gasteiger partial charge in [0.1, 0.15) is 5.82 Å². The Morgan fingerprint density at radius 2 is 1.89 bits per heavy atom. The fourth-order valence-corrected chi connectivity index (χ4v) is 4.29. The molecular formula is C23H31N3O2. The number of amides is 1. The number of nitrogens with one attached hydrogen (secondary N) is 1. The summed E-state index contributed by atoms with van der Waals surface area (Å²) < 4.78 is 5.96. The number of anilines is 1. The molecule has 0 unspecified atom stereocenters. The van der Waals surface area contributed by atoms with E-state index in [1.54, 1.807) is 0 Å². The second-order valence-corrected chi connectivity index (χ2v) is 7.99. The summed E-state index contributed by atoms with van der Waals surface area (Å²) in [5.74, 6) is 0.796. The molecule has 1 amide bonds. The Hall–Kier alpha value is -2.14.